The van der Waals surface area contributed by atoms with E-state index in [4.69, 9.17) is 10.5 Å². The number of fused-ring (bicyclic) bond motifs is 2. The molecule has 5 N–H and O–H groups in total. The molecular weight excluding hydrogens is 426 g/mol. The number of amides is 1. The molecule has 6 nitrogen and oxygen atoms in total. The van der Waals surface area contributed by atoms with Crippen LogP contribution in [0.15, 0.2) is 79.0 Å². The summed E-state index contributed by atoms with van der Waals surface area (Å²) >= 11 is 0. The van der Waals surface area contributed by atoms with Gasteiger partial charge in [-0.25, -0.2) is 0 Å². The average Bonchev–Trinajstić information content (AvgIpc) is 3.26. The van der Waals surface area contributed by atoms with E-state index in [-0.39, 0.29) is 11.3 Å². The number of phenolic OH excluding ortho intramolecular Hbond substituents is 1. The summed E-state index contributed by atoms with van der Waals surface area (Å²) in [5.41, 5.74) is 10.9. The van der Waals surface area contributed by atoms with Crippen LogP contribution in [0, 0.1) is 0 Å². The van der Waals surface area contributed by atoms with Crippen LogP contribution in [0.4, 0.5) is 5.69 Å². The third-order valence-corrected chi connectivity index (χ3v) is 6.07. The minimum atomic E-state index is -0.408. The highest BCUT2D eigenvalue weighted by Crippen LogP contribution is 2.32. The number of ether oxygens (including phenoxy) is 1. The maximum atomic E-state index is 13.0. The lowest BCUT2D eigenvalue weighted by molar-refractivity contribution is 0.102. The number of carbonyl (C=O) groups excluding carboxylic acids is 1. The molecule has 170 valence electrons. The number of methoxy groups -OCH3 is 1. The third-order valence-electron chi connectivity index (χ3n) is 6.07. The summed E-state index contributed by atoms with van der Waals surface area (Å²) in [6.07, 6.45) is 2.82. The molecule has 1 heterocycles. The van der Waals surface area contributed by atoms with E-state index in [9.17, 15) is 9.90 Å². The number of rotatable bonds is 6. The number of aromatic nitrogens is 1. The van der Waals surface area contributed by atoms with E-state index in [1.807, 2.05) is 36.5 Å². The van der Waals surface area contributed by atoms with E-state index in [2.05, 4.69) is 28.5 Å². The van der Waals surface area contributed by atoms with Gasteiger partial charge in [0.25, 0.3) is 5.91 Å². The van der Waals surface area contributed by atoms with Gasteiger partial charge in [-0.05, 0) is 82.9 Å². The van der Waals surface area contributed by atoms with Crippen LogP contribution in [0.1, 0.15) is 15.9 Å². The molecule has 0 aliphatic carbocycles. The number of H-pyrrole nitrogens is 1. The number of carbonyl (C=O) groups is 1. The molecule has 5 rings (SSSR count). The van der Waals surface area contributed by atoms with Gasteiger partial charge in [0.1, 0.15) is 11.5 Å². The number of nitrogens with one attached hydrogen (secondary N) is 2. The zero-order chi connectivity index (χ0) is 23.7. The number of para-hydroxylation sites is 2. The molecule has 6 heteroatoms. The van der Waals surface area contributed by atoms with Gasteiger partial charge < -0.3 is 25.9 Å². The highest BCUT2D eigenvalue weighted by molar-refractivity contribution is 6.09. The molecule has 1 aromatic heterocycles. The molecule has 1 amide bonds. The average molecular weight is 452 g/mol. The Labute approximate surface area is 197 Å². The second-order valence-corrected chi connectivity index (χ2v) is 8.20. The van der Waals surface area contributed by atoms with Gasteiger partial charge >= 0.3 is 0 Å². The molecule has 0 saturated heterocycles. The van der Waals surface area contributed by atoms with Crippen molar-refractivity contribution in [3.05, 3.63) is 90.1 Å². The molecule has 4 aromatic carbocycles. The first-order chi connectivity index (χ1) is 16.6. The Kier molecular flexibility index (Phi) is 5.65. The Balaban J connectivity index is 1.52. The Morgan fingerprint density at radius 2 is 1.79 bits per heavy atom. The number of anilines is 1. The first-order valence-electron chi connectivity index (χ1n) is 11.1. The van der Waals surface area contributed by atoms with Gasteiger partial charge in [0.2, 0.25) is 0 Å². The second kappa shape index (κ2) is 8.92. The van der Waals surface area contributed by atoms with Gasteiger partial charge in [-0.15, -0.1) is 0 Å². The lowest BCUT2D eigenvalue weighted by Crippen LogP contribution is -2.12. The zero-order valence-corrected chi connectivity index (χ0v) is 18.8. The van der Waals surface area contributed by atoms with Crippen molar-refractivity contribution in [2.24, 2.45) is 5.73 Å². The summed E-state index contributed by atoms with van der Waals surface area (Å²) in [7, 11) is 1.55. The van der Waals surface area contributed by atoms with Crippen LogP contribution >= 0.6 is 0 Å². The number of aromatic amines is 1. The van der Waals surface area contributed by atoms with Crippen LogP contribution in [0.25, 0.3) is 32.8 Å². The molecule has 0 unspecified atom stereocenters. The van der Waals surface area contributed by atoms with E-state index in [1.54, 1.807) is 31.4 Å². The van der Waals surface area contributed by atoms with Crippen LogP contribution < -0.4 is 15.8 Å². The monoisotopic (exact) mass is 451 g/mol. The fourth-order valence-corrected chi connectivity index (χ4v) is 4.30. The summed E-state index contributed by atoms with van der Waals surface area (Å²) in [5.74, 6) is 0.0647. The van der Waals surface area contributed by atoms with Gasteiger partial charge in [0, 0.05) is 17.1 Å². The topological polar surface area (TPSA) is 100 Å². The molecule has 0 radical (unpaired) electrons. The van der Waals surface area contributed by atoms with E-state index < -0.39 is 5.91 Å². The lowest BCUT2D eigenvalue weighted by atomic mass is 9.97. The maximum Gasteiger partial charge on any atom is 0.259 e. The normalized spacial score (nSPS) is 11.1. The fourth-order valence-electron chi connectivity index (χ4n) is 4.30. The van der Waals surface area contributed by atoms with Crippen molar-refractivity contribution in [3.8, 4) is 22.6 Å². The van der Waals surface area contributed by atoms with Gasteiger partial charge in [0.15, 0.2) is 0 Å². The number of hydrogen-bond acceptors (Lipinski definition) is 4. The van der Waals surface area contributed by atoms with E-state index in [0.29, 0.717) is 18.0 Å². The van der Waals surface area contributed by atoms with Crippen LogP contribution in [-0.4, -0.2) is 29.7 Å². The zero-order valence-electron chi connectivity index (χ0n) is 18.8. The summed E-state index contributed by atoms with van der Waals surface area (Å²) in [6, 6.07) is 22.8. The molecule has 0 fully saturated rings. The molecule has 0 aliphatic rings. The van der Waals surface area contributed by atoms with Gasteiger partial charge in [0.05, 0.1) is 18.4 Å². The van der Waals surface area contributed by atoms with Crippen LogP contribution in [0.2, 0.25) is 0 Å². The molecule has 0 spiro atoms. The molecule has 34 heavy (non-hydrogen) atoms. The lowest BCUT2D eigenvalue weighted by Gasteiger charge is -2.12. The van der Waals surface area contributed by atoms with Crippen LogP contribution in [0.3, 0.4) is 0 Å². The standard InChI is InChI=1S/C28H25N3O3/c1-34-27-5-3-2-4-25(27)31-28(33)23-14-21-12-17(6-7-19(21)15-26(23)32)18-8-9-24-22(13-18)20(10-11-29)16-30-24/h2-9,12-16,30,32H,10-11,29H2,1H3,(H,31,33). The number of phenols is 1. The molecule has 0 aliphatic heterocycles. The van der Waals surface area contributed by atoms with Gasteiger partial charge in [-0.3, -0.25) is 4.79 Å². The second-order valence-electron chi connectivity index (χ2n) is 8.20. The minimum Gasteiger partial charge on any atom is -0.507 e. The Hall–Kier alpha value is -4.29. The SMILES string of the molecule is COc1ccccc1NC(=O)c1cc2cc(-c3ccc4[nH]cc(CCN)c4c3)ccc2cc1O. The van der Waals surface area contributed by atoms with E-state index in [0.717, 1.165) is 39.2 Å². The summed E-state index contributed by atoms with van der Waals surface area (Å²) in [4.78, 5) is 16.3. The third kappa shape index (κ3) is 3.95. The van der Waals surface area contributed by atoms with Crippen LogP contribution in [0.5, 0.6) is 11.5 Å². The number of nitrogens with two attached hydrogens (primary N) is 1. The molecule has 0 atom stereocenters. The molecule has 5 aromatic rings. The number of hydrogen-bond donors (Lipinski definition) is 4. The maximum absolute atomic E-state index is 13.0. The van der Waals surface area contributed by atoms with E-state index >= 15 is 0 Å². The van der Waals surface area contributed by atoms with Crippen molar-refractivity contribution in [1.29, 1.82) is 0 Å². The van der Waals surface area contributed by atoms with Crippen LogP contribution in [-0.2, 0) is 6.42 Å². The quantitative estimate of drug-likeness (QED) is 0.276. The first-order valence-corrected chi connectivity index (χ1v) is 11.1. The smallest absolute Gasteiger partial charge is 0.259 e. The highest BCUT2D eigenvalue weighted by Gasteiger charge is 2.15. The van der Waals surface area contributed by atoms with Crippen molar-refractivity contribution in [2.75, 3.05) is 19.0 Å². The van der Waals surface area contributed by atoms with Gasteiger partial charge in [-0.1, -0.05) is 30.3 Å². The largest absolute Gasteiger partial charge is 0.507 e. The van der Waals surface area contributed by atoms with Crippen molar-refractivity contribution < 1.29 is 14.6 Å². The first kappa shape index (κ1) is 21.6. The van der Waals surface area contributed by atoms with Crippen molar-refractivity contribution >= 4 is 33.3 Å². The summed E-state index contributed by atoms with van der Waals surface area (Å²) in [5, 5.41) is 16.2. The Morgan fingerprint density at radius 1 is 1.00 bits per heavy atom. The molecule has 0 bridgehead atoms. The summed E-state index contributed by atoms with van der Waals surface area (Å²) < 4.78 is 5.31. The van der Waals surface area contributed by atoms with Gasteiger partial charge in [-0.2, -0.15) is 0 Å². The Morgan fingerprint density at radius 3 is 2.62 bits per heavy atom. The summed E-state index contributed by atoms with van der Waals surface area (Å²) in [6.45, 7) is 0.594. The number of benzene rings is 4. The predicted molar refractivity (Wildman–Crippen MR) is 137 cm³/mol. The van der Waals surface area contributed by atoms with E-state index in [1.165, 1.54) is 5.56 Å². The Bertz CT molecular complexity index is 1520. The molecule has 0 saturated carbocycles. The fraction of sp³-hybridized carbons (Fsp3) is 0.107. The highest BCUT2D eigenvalue weighted by atomic mass is 16.5. The predicted octanol–water partition coefficient (Wildman–Crippen LogP) is 5.46. The number of aromatic hydroxyl groups is 1. The van der Waals surface area contributed by atoms with Crippen molar-refractivity contribution in [3.63, 3.8) is 0 Å². The van der Waals surface area contributed by atoms with Crippen molar-refractivity contribution in [1.82, 2.24) is 4.98 Å². The minimum absolute atomic E-state index is 0.0761. The van der Waals surface area contributed by atoms with Crippen molar-refractivity contribution in [2.45, 2.75) is 6.42 Å². The molecular formula is C28H25N3O3.